The van der Waals surface area contributed by atoms with Crippen molar-refractivity contribution in [3.05, 3.63) is 70.3 Å². The summed E-state index contributed by atoms with van der Waals surface area (Å²) in [7, 11) is 0. The van der Waals surface area contributed by atoms with E-state index in [9.17, 15) is 4.79 Å². The molecule has 0 saturated heterocycles. The van der Waals surface area contributed by atoms with Crippen molar-refractivity contribution < 1.29 is 4.79 Å². The van der Waals surface area contributed by atoms with Crippen molar-refractivity contribution in [3.8, 4) is 11.3 Å². The van der Waals surface area contributed by atoms with Gasteiger partial charge < -0.3 is 0 Å². The standard InChI is InChI=1S/C18H13ClN4OS/c1-11-5-7-12(8-6-11)13-10-25-18(20-13)21-17(24)16-15(19)14-4-2-3-9-23(14)22-16/h2-10H,1H3,(H,20,21,24). The number of amides is 1. The fraction of sp³-hybridized carbons (Fsp3) is 0.0556. The van der Waals surface area contributed by atoms with Gasteiger partial charge in [0.2, 0.25) is 0 Å². The van der Waals surface area contributed by atoms with Crippen LogP contribution in [0.25, 0.3) is 16.8 Å². The van der Waals surface area contributed by atoms with Crippen LogP contribution in [0.2, 0.25) is 5.02 Å². The molecular formula is C18H13ClN4OS. The highest BCUT2D eigenvalue weighted by Crippen LogP contribution is 2.27. The zero-order chi connectivity index (χ0) is 17.4. The van der Waals surface area contributed by atoms with Crippen LogP contribution in [-0.4, -0.2) is 20.5 Å². The molecule has 0 radical (unpaired) electrons. The van der Waals surface area contributed by atoms with E-state index in [1.165, 1.54) is 16.9 Å². The zero-order valence-electron chi connectivity index (χ0n) is 13.2. The topological polar surface area (TPSA) is 59.3 Å². The maximum Gasteiger partial charge on any atom is 0.279 e. The number of rotatable bonds is 3. The Morgan fingerprint density at radius 2 is 2.00 bits per heavy atom. The minimum atomic E-state index is -0.376. The third-order valence-corrected chi connectivity index (χ3v) is 4.90. The highest BCUT2D eigenvalue weighted by molar-refractivity contribution is 7.14. The molecule has 7 heteroatoms. The zero-order valence-corrected chi connectivity index (χ0v) is 14.8. The fourth-order valence-corrected chi connectivity index (χ4v) is 3.45. The predicted molar refractivity (Wildman–Crippen MR) is 100 cm³/mol. The first kappa shape index (κ1) is 15.8. The van der Waals surface area contributed by atoms with Gasteiger partial charge in [-0.3, -0.25) is 10.1 Å². The number of thiazole rings is 1. The molecule has 0 spiro atoms. The third-order valence-electron chi connectivity index (χ3n) is 3.77. The number of nitrogens with zero attached hydrogens (tertiary/aromatic N) is 3. The van der Waals surface area contributed by atoms with Gasteiger partial charge in [-0.05, 0) is 19.1 Å². The molecular weight excluding hydrogens is 356 g/mol. The number of anilines is 1. The summed E-state index contributed by atoms with van der Waals surface area (Å²) in [5.74, 6) is -0.376. The average molecular weight is 369 g/mol. The van der Waals surface area contributed by atoms with Gasteiger partial charge in [0.05, 0.1) is 16.2 Å². The van der Waals surface area contributed by atoms with Crippen molar-refractivity contribution >= 4 is 39.5 Å². The van der Waals surface area contributed by atoms with Crippen LogP contribution in [0.1, 0.15) is 16.1 Å². The quantitative estimate of drug-likeness (QED) is 0.571. The molecule has 4 aromatic rings. The smallest absolute Gasteiger partial charge is 0.279 e. The molecule has 0 saturated carbocycles. The first-order valence-corrected chi connectivity index (χ1v) is 8.84. The van der Waals surface area contributed by atoms with E-state index in [1.54, 1.807) is 10.7 Å². The van der Waals surface area contributed by atoms with E-state index in [0.29, 0.717) is 15.7 Å². The lowest BCUT2D eigenvalue weighted by Crippen LogP contribution is -2.13. The Morgan fingerprint density at radius 1 is 1.20 bits per heavy atom. The monoisotopic (exact) mass is 368 g/mol. The molecule has 1 N–H and O–H groups in total. The first-order chi connectivity index (χ1) is 12.1. The Morgan fingerprint density at radius 3 is 2.76 bits per heavy atom. The second-order valence-electron chi connectivity index (χ2n) is 5.55. The Kier molecular flexibility index (Phi) is 3.99. The maximum atomic E-state index is 12.5. The molecule has 0 aliphatic rings. The number of carbonyl (C=O) groups is 1. The van der Waals surface area contributed by atoms with Crippen molar-refractivity contribution in [2.75, 3.05) is 5.32 Å². The van der Waals surface area contributed by atoms with Crippen LogP contribution in [0.15, 0.2) is 54.0 Å². The highest BCUT2D eigenvalue weighted by atomic mass is 35.5. The van der Waals surface area contributed by atoms with Gasteiger partial charge in [-0.25, -0.2) is 9.50 Å². The van der Waals surface area contributed by atoms with Crippen molar-refractivity contribution in [1.29, 1.82) is 0 Å². The average Bonchev–Trinajstić information content (AvgIpc) is 3.21. The summed E-state index contributed by atoms with van der Waals surface area (Å²) in [5.41, 5.74) is 3.89. The van der Waals surface area contributed by atoms with Crippen LogP contribution in [0.4, 0.5) is 5.13 Å². The molecule has 0 fully saturated rings. The van der Waals surface area contributed by atoms with Crippen molar-refractivity contribution in [2.24, 2.45) is 0 Å². The summed E-state index contributed by atoms with van der Waals surface area (Å²) in [6, 6.07) is 13.6. The molecule has 3 aromatic heterocycles. The summed E-state index contributed by atoms with van der Waals surface area (Å²) < 4.78 is 1.58. The summed E-state index contributed by atoms with van der Waals surface area (Å²) >= 11 is 7.64. The number of fused-ring (bicyclic) bond motifs is 1. The van der Waals surface area contributed by atoms with Gasteiger partial charge in [0.15, 0.2) is 10.8 Å². The second kappa shape index (κ2) is 6.31. The fourth-order valence-electron chi connectivity index (χ4n) is 2.46. The van der Waals surface area contributed by atoms with Gasteiger partial charge in [0.25, 0.3) is 5.91 Å². The first-order valence-electron chi connectivity index (χ1n) is 7.58. The van der Waals surface area contributed by atoms with Crippen LogP contribution in [0.3, 0.4) is 0 Å². The van der Waals surface area contributed by atoms with Gasteiger partial charge in [-0.15, -0.1) is 11.3 Å². The predicted octanol–water partition coefficient (Wildman–Crippen LogP) is 4.67. The number of carbonyl (C=O) groups excluding carboxylic acids is 1. The van der Waals surface area contributed by atoms with E-state index in [0.717, 1.165) is 11.3 Å². The van der Waals surface area contributed by atoms with Crippen LogP contribution in [-0.2, 0) is 0 Å². The molecule has 0 aliphatic carbocycles. The number of benzene rings is 1. The lowest BCUT2D eigenvalue weighted by Gasteiger charge is -1.99. The SMILES string of the molecule is Cc1ccc(-c2csc(NC(=O)c3nn4ccccc4c3Cl)n2)cc1. The molecule has 0 atom stereocenters. The van der Waals surface area contributed by atoms with E-state index in [1.807, 2.05) is 54.8 Å². The number of hydrogen-bond donors (Lipinski definition) is 1. The number of hydrogen-bond acceptors (Lipinski definition) is 4. The Bertz CT molecular complexity index is 1070. The van der Waals surface area contributed by atoms with Crippen molar-refractivity contribution in [2.45, 2.75) is 6.92 Å². The normalized spacial score (nSPS) is 11.0. The Hall–Kier alpha value is -2.70. The van der Waals surface area contributed by atoms with Gasteiger partial charge in [-0.2, -0.15) is 5.10 Å². The van der Waals surface area contributed by atoms with Crippen LogP contribution >= 0.6 is 22.9 Å². The van der Waals surface area contributed by atoms with E-state index >= 15 is 0 Å². The number of nitrogens with one attached hydrogen (secondary N) is 1. The molecule has 3 heterocycles. The molecule has 25 heavy (non-hydrogen) atoms. The third kappa shape index (κ3) is 3.01. The number of pyridine rings is 1. The molecule has 124 valence electrons. The molecule has 5 nitrogen and oxygen atoms in total. The van der Waals surface area contributed by atoms with E-state index in [-0.39, 0.29) is 11.6 Å². The highest BCUT2D eigenvalue weighted by Gasteiger charge is 2.19. The number of aryl methyl sites for hydroxylation is 1. The number of aromatic nitrogens is 3. The van der Waals surface area contributed by atoms with E-state index in [4.69, 9.17) is 11.6 Å². The Balaban J connectivity index is 1.58. The minimum Gasteiger partial charge on any atom is -0.296 e. The van der Waals surface area contributed by atoms with E-state index < -0.39 is 0 Å². The van der Waals surface area contributed by atoms with Crippen molar-refractivity contribution in [3.63, 3.8) is 0 Å². The van der Waals surface area contributed by atoms with Gasteiger partial charge >= 0.3 is 0 Å². The summed E-state index contributed by atoms with van der Waals surface area (Å²) in [6.45, 7) is 2.04. The maximum absolute atomic E-state index is 12.5. The lowest BCUT2D eigenvalue weighted by molar-refractivity contribution is 0.102. The van der Waals surface area contributed by atoms with E-state index in [2.05, 4.69) is 15.4 Å². The van der Waals surface area contributed by atoms with Crippen LogP contribution in [0, 0.1) is 6.92 Å². The van der Waals surface area contributed by atoms with Gasteiger partial charge in [-0.1, -0.05) is 47.5 Å². The molecule has 4 rings (SSSR count). The van der Waals surface area contributed by atoms with Gasteiger partial charge in [0.1, 0.15) is 0 Å². The second-order valence-corrected chi connectivity index (χ2v) is 6.79. The van der Waals surface area contributed by atoms with Gasteiger partial charge in [0, 0.05) is 17.1 Å². The molecule has 0 unspecified atom stereocenters. The van der Waals surface area contributed by atoms with Crippen LogP contribution < -0.4 is 5.32 Å². The lowest BCUT2D eigenvalue weighted by atomic mass is 10.1. The molecule has 1 amide bonds. The molecule has 0 aliphatic heterocycles. The van der Waals surface area contributed by atoms with Crippen molar-refractivity contribution in [1.82, 2.24) is 14.6 Å². The Labute approximate surface area is 152 Å². The van der Waals surface area contributed by atoms with Crippen LogP contribution in [0.5, 0.6) is 0 Å². The number of halogens is 1. The molecule has 1 aromatic carbocycles. The summed E-state index contributed by atoms with van der Waals surface area (Å²) in [6.07, 6.45) is 1.75. The largest absolute Gasteiger partial charge is 0.296 e. The summed E-state index contributed by atoms with van der Waals surface area (Å²) in [4.78, 5) is 17.0. The molecule has 0 bridgehead atoms. The summed E-state index contributed by atoms with van der Waals surface area (Å²) in [5, 5.41) is 9.75. The minimum absolute atomic E-state index is 0.181.